The van der Waals surface area contributed by atoms with Gasteiger partial charge in [0.1, 0.15) is 29.7 Å². The third-order valence-corrected chi connectivity index (χ3v) is 5.83. The van der Waals surface area contributed by atoms with E-state index in [1.54, 1.807) is 6.08 Å². The van der Waals surface area contributed by atoms with E-state index in [0.29, 0.717) is 11.7 Å². The molecule has 148 valence electrons. The topological polar surface area (TPSA) is 83.8 Å². The van der Waals surface area contributed by atoms with Crippen LogP contribution in [0.4, 0.5) is 0 Å². The number of hydrogen-bond acceptors (Lipinski definition) is 5. The third kappa shape index (κ3) is 3.68. The summed E-state index contributed by atoms with van der Waals surface area (Å²) in [7, 11) is 0. The van der Waals surface area contributed by atoms with E-state index >= 15 is 0 Å². The van der Waals surface area contributed by atoms with Crippen molar-refractivity contribution in [1.82, 2.24) is 0 Å². The fourth-order valence-corrected chi connectivity index (χ4v) is 3.85. The molecule has 1 heterocycles. The number of hydrogen-bond donors (Lipinski definition) is 2. The molecular formula is C21H27ClO5. The van der Waals surface area contributed by atoms with Crippen LogP contribution in [0.5, 0.6) is 0 Å². The molecule has 2 N–H and O–H groups in total. The Kier molecular flexibility index (Phi) is 6.19. The van der Waals surface area contributed by atoms with Crippen molar-refractivity contribution in [2.75, 3.05) is 6.61 Å². The average Bonchev–Trinajstić information content (AvgIpc) is 2.62. The molecule has 4 atom stereocenters. The Balaban J connectivity index is 2.50. The Morgan fingerprint density at radius 3 is 2.67 bits per heavy atom. The van der Waals surface area contributed by atoms with Crippen LogP contribution in [-0.2, 0) is 14.3 Å². The fourth-order valence-electron chi connectivity index (χ4n) is 3.44. The van der Waals surface area contributed by atoms with Crippen LogP contribution >= 0.6 is 11.6 Å². The van der Waals surface area contributed by atoms with Crippen LogP contribution in [0.2, 0.25) is 0 Å². The predicted octanol–water partition coefficient (Wildman–Crippen LogP) is 3.21. The van der Waals surface area contributed by atoms with Crippen molar-refractivity contribution in [3.8, 4) is 0 Å². The summed E-state index contributed by atoms with van der Waals surface area (Å²) in [5.74, 6) is -0.355. The standard InChI is InChI=1S/C21H27ClO5/c1-6-12(2)9-13(3)7-8-15-10-16-17(22)18(24)20(5,26)19(25)21(16,11-27-15)14(4)23/h7-10,12,19,25-26H,6,11H2,1-5H3. The van der Waals surface area contributed by atoms with Gasteiger partial charge < -0.3 is 14.9 Å². The van der Waals surface area contributed by atoms with Crippen LogP contribution in [0.3, 0.4) is 0 Å². The second-order valence-corrected chi connectivity index (χ2v) is 7.98. The fraction of sp³-hybridized carbons (Fsp3) is 0.524. The van der Waals surface area contributed by atoms with Gasteiger partial charge in [-0.25, -0.2) is 0 Å². The molecule has 0 aromatic carbocycles. The summed E-state index contributed by atoms with van der Waals surface area (Å²) < 4.78 is 5.69. The summed E-state index contributed by atoms with van der Waals surface area (Å²) in [6, 6.07) is 0. The van der Waals surface area contributed by atoms with Gasteiger partial charge in [-0.1, -0.05) is 49.6 Å². The van der Waals surface area contributed by atoms with Gasteiger partial charge in [-0.15, -0.1) is 0 Å². The molecule has 27 heavy (non-hydrogen) atoms. The molecule has 4 unspecified atom stereocenters. The molecule has 0 amide bonds. The Bertz CT molecular complexity index is 771. The van der Waals surface area contributed by atoms with Crippen molar-refractivity contribution in [2.24, 2.45) is 11.3 Å². The van der Waals surface area contributed by atoms with Crippen LogP contribution < -0.4 is 0 Å². The van der Waals surface area contributed by atoms with Gasteiger partial charge >= 0.3 is 0 Å². The lowest BCUT2D eigenvalue weighted by atomic mass is 9.62. The number of aliphatic hydroxyl groups is 2. The molecule has 0 radical (unpaired) electrons. The highest BCUT2D eigenvalue weighted by Gasteiger charge is 2.62. The molecule has 5 nitrogen and oxygen atoms in total. The van der Waals surface area contributed by atoms with E-state index in [-0.39, 0.29) is 17.2 Å². The van der Waals surface area contributed by atoms with Crippen LogP contribution in [0.1, 0.15) is 41.0 Å². The summed E-state index contributed by atoms with van der Waals surface area (Å²) in [6.07, 6.45) is 6.63. The molecule has 2 rings (SSSR count). The number of Topliss-reactive ketones (excluding diaryl/α,β-unsaturated/α-hetero) is 2. The molecule has 0 aromatic rings. The zero-order valence-corrected chi connectivity index (χ0v) is 17.1. The van der Waals surface area contributed by atoms with E-state index in [1.165, 1.54) is 13.0 Å². The molecule has 6 heteroatoms. The van der Waals surface area contributed by atoms with E-state index < -0.39 is 28.7 Å². The minimum atomic E-state index is -2.16. The van der Waals surface area contributed by atoms with Crippen molar-refractivity contribution < 1.29 is 24.5 Å². The largest absolute Gasteiger partial charge is 0.492 e. The van der Waals surface area contributed by atoms with Gasteiger partial charge in [-0.3, -0.25) is 9.59 Å². The smallest absolute Gasteiger partial charge is 0.208 e. The summed E-state index contributed by atoms with van der Waals surface area (Å²) in [6.45, 7) is 8.45. The van der Waals surface area contributed by atoms with E-state index in [2.05, 4.69) is 19.9 Å². The Morgan fingerprint density at radius 1 is 1.48 bits per heavy atom. The van der Waals surface area contributed by atoms with E-state index in [0.717, 1.165) is 18.9 Å². The highest BCUT2D eigenvalue weighted by atomic mass is 35.5. The molecule has 0 spiro atoms. The number of carbonyl (C=O) groups excluding carboxylic acids is 2. The van der Waals surface area contributed by atoms with Crippen LogP contribution in [0.15, 0.2) is 46.2 Å². The molecular weight excluding hydrogens is 368 g/mol. The van der Waals surface area contributed by atoms with Crippen LogP contribution in [0, 0.1) is 11.3 Å². The maximum Gasteiger partial charge on any atom is 0.208 e. The van der Waals surface area contributed by atoms with Crippen molar-refractivity contribution in [3.63, 3.8) is 0 Å². The first kappa shape index (κ1) is 21.6. The summed E-state index contributed by atoms with van der Waals surface area (Å²) in [4.78, 5) is 24.8. The lowest BCUT2D eigenvalue weighted by Gasteiger charge is -2.47. The highest BCUT2D eigenvalue weighted by Crippen LogP contribution is 2.49. The van der Waals surface area contributed by atoms with Gasteiger partial charge in [-0.05, 0) is 44.4 Å². The number of carbonyl (C=O) groups is 2. The lowest BCUT2D eigenvalue weighted by molar-refractivity contribution is -0.168. The van der Waals surface area contributed by atoms with Gasteiger partial charge in [0.2, 0.25) is 5.78 Å². The Hall–Kier alpha value is -1.69. The Morgan fingerprint density at radius 2 is 2.11 bits per heavy atom. The third-order valence-electron chi connectivity index (χ3n) is 5.46. The maximum absolute atomic E-state index is 12.4. The van der Waals surface area contributed by atoms with Gasteiger partial charge in [0.15, 0.2) is 5.60 Å². The lowest BCUT2D eigenvalue weighted by Crippen LogP contribution is -2.64. The molecule has 0 saturated heterocycles. The average molecular weight is 395 g/mol. The number of ketones is 2. The first-order valence-corrected chi connectivity index (χ1v) is 9.43. The van der Waals surface area contributed by atoms with Gasteiger partial charge in [0.05, 0.1) is 5.03 Å². The maximum atomic E-state index is 12.4. The minimum Gasteiger partial charge on any atom is -0.492 e. The summed E-state index contributed by atoms with van der Waals surface area (Å²) in [5.41, 5.74) is -2.49. The van der Waals surface area contributed by atoms with Crippen molar-refractivity contribution in [1.29, 1.82) is 0 Å². The summed E-state index contributed by atoms with van der Waals surface area (Å²) in [5, 5.41) is 20.8. The van der Waals surface area contributed by atoms with Gasteiger partial charge in [0, 0.05) is 0 Å². The molecule has 0 fully saturated rings. The number of halogens is 1. The van der Waals surface area contributed by atoms with Gasteiger partial charge in [-0.2, -0.15) is 0 Å². The molecule has 2 aliphatic rings. The SMILES string of the molecule is CCC(C)C=C(C)C=CC1=CC2=C(Cl)C(=O)C(C)(O)C(O)C2(C(C)=O)CO1. The number of rotatable bonds is 5. The molecule has 1 aliphatic heterocycles. The normalized spacial score (nSPS) is 32.9. The van der Waals surface area contributed by atoms with E-state index in [1.807, 2.05) is 13.0 Å². The monoisotopic (exact) mass is 394 g/mol. The first-order chi connectivity index (χ1) is 12.5. The zero-order chi connectivity index (χ0) is 20.6. The van der Waals surface area contributed by atoms with Crippen LogP contribution in [0.25, 0.3) is 0 Å². The minimum absolute atomic E-state index is 0.190. The highest BCUT2D eigenvalue weighted by molar-refractivity contribution is 6.45. The second-order valence-electron chi connectivity index (χ2n) is 7.60. The number of allylic oxidation sites excluding steroid dienone is 5. The molecule has 0 saturated carbocycles. The van der Waals surface area contributed by atoms with E-state index in [9.17, 15) is 19.8 Å². The predicted molar refractivity (Wildman–Crippen MR) is 104 cm³/mol. The number of ether oxygens (including phenoxy) is 1. The number of fused-ring (bicyclic) bond motifs is 1. The second kappa shape index (κ2) is 7.74. The molecule has 1 aliphatic carbocycles. The van der Waals surface area contributed by atoms with Gasteiger partial charge in [0.25, 0.3) is 0 Å². The molecule has 0 bridgehead atoms. The van der Waals surface area contributed by atoms with Crippen molar-refractivity contribution in [3.05, 3.63) is 46.2 Å². The number of aliphatic hydroxyl groups excluding tert-OH is 1. The Labute approximate surface area is 165 Å². The quantitative estimate of drug-likeness (QED) is 0.699. The van der Waals surface area contributed by atoms with Crippen molar-refractivity contribution >= 4 is 23.2 Å². The molecule has 0 aromatic heterocycles. The van der Waals surface area contributed by atoms with Crippen LogP contribution in [-0.4, -0.2) is 40.1 Å². The summed E-state index contributed by atoms with van der Waals surface area (Å²) >= 11 is 6.21. The first-order valence-electron chi connectivity index (χ1n) is 9.06. The van der Waals surface area contributed by atoms with Crippen molar-refractivity contribution in [2.45, 2.75) is 52.7 Å². The zero-order valence-electron chi connectivity index (χ0n) is 16.4. The van der Waals surface area contributed by atoms with E-state index in [4.69, 9.17) is 16.3 Å².